The molecule has 0 saturated heterocycles. The molecule has 0 heterocycles. The van der Waals surface area contributed by atoms with Gasteiger partial charge in [0.05, 0.1) is 0 Å². The molecule has 1 aliphatic rings. The summed E-state index contributed by atoms with van der Waals surface area (Å²) in [6.45, 7) is 6.56. The first kappa shape index (κ1) is 10.9. The van der Waals surface area contributed by atoms with Gasteiger partial charge in [-0.2, -0.15) is 0 Å². The standard InChI is InChI=1S/C16H18/c1-13-7-6-11-16(3,12-10-13)15-9-5-4-8-14(15)2/h4-12H,1-3H3. The normalized spacial score (nSPS) is 24.1. The first-order chi connectivity index (χ1) is 7.62. The number of benzene rings is 1. The molecule has 82 valence electrons. The van der Waals surface area contributed by atoms with E-state index in [0.717, 1.165) is 0 Å². The average Bonchev–Trinajstić information content (AvgIpc) is 2.43. The van der Waals surface area contributed by atoms with Gasteiger partial charge in [-0.1, -0.05) is 60.2 Å². The summed E-state index contributed by atoms with van der Waals surface area (Å²) < 4.78 is 0. The third-order valence-corrected chi connectivity index (χ3v) is 3.22. The summed E-state index contributed by atoms with van der Waals surface area (Å²) >= 11 is 0. The molecule has 1 unspecified atom stereocenters. The Labute approximate surface area is 98.0 Å². The molecule has 2 rings (SSSR count). The number of aryl methyl sites for hydroxylation is 1. The quantitative estimate of drug-likeness (QED) is 0.647. The highest BCUT2D eigenvalue weighted by atomic mass is 14.3. The smallest absolute Gasteiger partial charge is 0.0292 e. The van der Waals surface area contributed by atoms with Crippen molar-refractivity contribution in [1.29, 1.82) is 0 Å². The molecule has 1 aromatic rings. The molecule has 0 N–H and O–H groups in total. The van der Waals surface area contributed by atoms with Crippen LogP contribution in [0.1, 0.15) is 25.0 Å². The molecule has 1 aliphatic carbocycles. The van der Waals surface area contributed by atoms with E-state index in [1.54, 1.807) is 0 Å². The summed E-state index contributed by atoms with van der Waals surface area (Å²) in [6, 6.07) is 8.59. The average molecular weight is 210 g/mol. The lowest BCUT2D eigenvalue weighted by Gasteiger charge is -2.24. The van der Waals surface area contributed by atoms with Crippen molar-refractivity contribution in [2.24, 2.45) is 0 Å². The molecular weight excluding hydrogens is 192 g/mol. The van der Waals surface area contributed by atoms with Crippen LogP contribution in [-0.4, -0.2) is 0 Å². The Hall–Kier alpha value is -1.56. The minimum Gasteiger partial charge on any atom is -0.0704 e. The minimum atomic E-state index is 0.0135. The number of rotatable bonds is 1. The highest BCUT2D eigenvalue weighted by Crippen LogP contribution is 2.31. The summed E-state index contributed by atoms with van der Waals surface area (Å²) in [6.07, 6.45) is 11.1. The lowest BCUT2D eigenvalue weighted by Crippen LogP contribution is -2.16. The lowest BCUT2D eigenvalue weighted by molar-refractivity contribution is 0.751. The number of hydrogen-bond donors (Lipinski definition) is 0. The van der Waals surface area contributed by atoms with Gasteiger partial charge in [0.1, 0.15) is 0 Å². The Morgan fingerprint density at radius 3 is 2.50 bits per heavy atom. The van der Waals surface area contributed by atoms with E-state index in [9.17, 15) is 0 Å². The molecule has 0 radical (unpaired) electrons. The van der Waals surface area contributed by atoms with Gasteiger partial charge in [0.15, 0.2) is 0 Å². The van der Waals surface area contributed by atoms with Crippen LogP contribution in [0.25, 0.3) is 0 Å². The molecule has 0 fully saturated rings. The second-order valence-corrected chi connectivity index (χ2v) is 4.70. The molecule has 1 aromatic carbocycles. The molecule has 0 nitrogen and oxygen atoms in total. The summed E-state index contributed by atoms with van der Waals surface area (Å²) in [5, 5.41) is 0. The van der Waals surface area contributed by atoms with E-state index >= 15 is 0 Å². The fraction of sp³-hybridized carbons (Fsp3) is 0.250. The predicted molar refractivity (Wildman–Crippen MR) is 70.6 cm³/mol. The van der Waals surface area contributed by atoms with E-state index in [4.69, 9.17) is 0 Å². The monoisotopic (exact) mass is 210 g/mol. The van der Waals surface area contributed by atoms with Crippen molar-refractivity contribution in [1.82, 2.24) is 0 Å². The van der Waals surface area contributed by atoms with Gasteiger partial charge in [0, 0.05) is 5.41 Å². The first-order valence-corrected chi connectivity index (χ1v) is 5.73. The molecule has 0 spiro atoms. The van der Waals surface area contributed by atoms with Crippen LogP contribution < -0.4 is 0 Å². The van der Waals surface area contributed by atoms with Crippen LogP contribution >= 0.6 is 0 Å². The van der Waals surface area contributed by atoms with Gasteiger partial charge in [-0.15, -0.1) is 0 Å². The molecule has 0 heteroatoms. The van der Waals surface area contributed by atoms with Crippen LogP contribution in [0.2, 0.25) is 0 Å². The molecular formula is C16H18. The third kappa shape index (κ3) is 2.01. The first-order valence-electron chi connectivity index (χ1n) is 5.73. The maximum Gasteiger partial charge on any atom is 0.0292 e. The maximum absolute atomic E-state index is 2.28. The van der Waals surface area contributed by atoms with Gasteiger partial charge in [-0.3, -0.25) is 0 Å². The fourth-order valence-electron chi connectivity index (χ4n) is 2.17. The summed E-state index contributed by atoms with van der Waals surface area (Å²) in [5.74, 6) is 0. The Morgan fingerprint density at radius 2 is 1.75 bits per heavy atom. The van der Waals surface area contributed by atoms with Gasteiger partial charge in [0.2, 0.25) is 0 Å². The summed E-state index contributed by atoms with van der Waals surface area (Å²) in [4.78, 5) is 0. The van der Waals surface area contributed by atoms with E-state index in [-0.39, 0.29) is 5.41 Å². The zero-order valence-corrected chi connectivity index (χ0v) is 10.2. The zero-order chi connectivity index (χ0) is 11.6. The summed E-state index contributed by atoms with van der Waals surface area (Å²) in [7, 11) is 0. The molecule has 0 saturated carbocycles. The van der Waals surface area contributed by atoms with Crippen LogP contribution in [0.5, 0.6) is 0 Å². The fourth-order valence-corrected chi connectivity index (χ4v) is 2.17. The third-order valence-electron chi connectivity index (χ3n) is 3.22. The van der Waals surface area contributed by atoms with E-state index in [0.29, 0.717) is 0 Å². The second-order valence-electron chi connectivity index (χ2n) is 4.70. The van der Waals surface area contributed by atoms with Crippen molar-refractivity contribution in [2.75, 3.05) is 0 Å². The van der Waals surface area contributed by atoms with Crippen LogP contribution in [0.15, 0.2) is 60.2 Å². The van der Waals surface area contributed by atoms with E-state index < -0.39 is 0 Å². The van der Waals surface area contributed by atoms with Gasteiger partial charge >= 0.3 is 0 Å². The SMILES string of the molecule is CC1=CC=CC(C)(c2ccccc2C)C=C1. The minimum absolute atomic E-state index is 0.0135. The van der Waals surface area contributed by atoms with Gasteiger partial charge in [-0.25, -0.2) is 0 Å². The van der Waals surface area contributed by atoms with Crippen LogP contribution in [0, 0.1) is 6.92 Å². The van der Waals surface area contributed by atoms with E-state index in [2.05, 4.69) is 75.4 Å². The van der Waals surface area contributed by atoms with Crippen molar-refractivity contribution in [3.05, 3.63) is 71.3 Å². The molecule has 16 heavy (non-hydrogen) atoms. The Bertz CT molecular complexity index is 475. The Balaban J connectivity index is 2.49. The van der Waals surface area contributed by atoms with E-state index in [1.165, 1.54) is 16.7 Å². The predicted octanol–water partition coefficient (Wildman–Crippen LogP) is 4.33. The second kappa shape index (κ2) is 4.13. The molecule has 0 aromatic heterocycles. The maximum atomic E-state index is 2.28. The zero-order valence-electron chi connectivity index (χ0n) is 10.2. The van der Waals surface area contributed by atoms with Crippen molar-refractivity contribution in [3.63, 3.8) is 0 Å². The topological polar surface area (TPSA) is 0 Å². The van der Waals surface area contributed by atoms with Crippen molar-refractivity contribution in [3.8, 4) is 0 Å². The van der Waals surface area contributed by atoms with Crippen LogP contribution in [0.4, 0.5) is 0 Å². The lowest BCUT2D eigenvalue weighted by atomic mass is 9.80. The number of hydrogen-bond acceptors (Lipinski definition) is 0. The Kier molecular flexibility index (Phi) is 2.82. The van der Waals surface area contributed by atoms with Crippen LogP contribution in [-0.2, 0) is 5.41 Å². The largest absolute Gasteiger partial charge is 0.0704 e. The van der Waals surface area contributed by atoms with Gasteiger partial charge < -0.3 is 0 Å². The molecule has 0 amide bonds. The van der Waals surface area contributed by atoms with E-state index in [1.807, 2.05) is 0 Å². The van der Waals surface area contributed by atoms with Gasteiger partial charge in [0.25, 0.3) is 0 Å². The van der Waals surface area contributed by atoms with Gasteiger partial charge in [-0.05, 0) is 31.9 Å². The van der Waals surface area contributed by atoms with Crippen molar-refractivity contribution >= 4 is 0 Å². The summed E-state index contributed by atoms with van der Waals surface area (Å²) in [5.41, 5.74) is 4.04. The number of allylic oxidation sites excluding steroid dienone is 6. The highest BCUT2D eigenvalue weighted by molar-refractivity contribution is 5.44. The molecule has 0 aliphatic heterocycles. The van der Waals surface area contributed by atoms with Crippen molar-refractivity contribution in [2.45, 2.75) is 26.2 Å². The Morgan fingerprint density at radius 1 is 1.00 bits per heavy atom. The molecule has 0 bridgehead atoms. The highest BCUT2D eigenvalue weighted by Gasteiger charge is 2.22. The van der Waals surface area contributed by atoms with Crippen LogP contribution in [0.3, 0.4) is 0 Å². The molecule has 1 atom stereocenters. The van der Waals surface area contributed by atoms with Crippen molar-refractivity contribution < 1.29 is 0 Å².